The minimum absolute atomic E-state index is 0.0929. The predicted molar refractivity (Wildman–Crippen MR) is 138 cm³/mol. The summed E-state index contributed by atoms with van der Waals surface area (Å²) in [5.74, 6) is -2.04. The number of hydrogen-bond donors (Lipinski definition) is 0. The number of morpholine rings is 2. The van der Waals surface area contributed by atoms with Crippen LogP contribution in [-0.2, 0) is 27.3 Å². The van der Waals surface area contributed by atoms with Crippen molar-refractivity contribution in [2.45, 2.75) is 44.7 Å². The van der Waals surface area contributed by atoms with E-state index in [1.54, 1.807) is 0 Å². The minimum atomic E-state index is -0.516. The molecule has 3 aliphatic heterocycles. The van der Waals surface area contributed by atoms with Gasteiger partial charge in [-0.3, -0.25) is 9.80 Å². The van der Waals surface area contributed by atoms with Crippen LogP contribution in [0.3, 0.4) is 0 Å². The smallest absolute Gasteiger partial charge is 0.131 e. The molecule has 0 bridgehead atoms. The van der Waals surface area contributed by atoms with Crippen molar-refractivity contribution >= 4 is 31.9 Å². The van der Waals surface area contributed by atoms with Crippen molar-refractivity contribution in [3.63, 3.8) is 0 Å². The number of hydrogen-bond acceptors (Lipinski definition) is 5. The van der Waals surface area contributed by atoms with Crippen molar-refractivity contribution in [3.05, 3.63) is 67.6 Å². The quantitative estimate of drug-likeness (QED) is 0.398. The Labute approximate surface area is 231 Å². The molecular formula is C26H30Br2F4N2O3. The summed E-state index contributed by atoms with van der Waals surface area (Å²) in [6.45, 7) is 8.90. The number of halogens is 6. The van der Waals surface area contributed by atoms with Gasteiger partial charge in [-0.15, -0.1) is 0 Å². The minimum Gasteiger partial charge on any atom is -0.375 e. The highest BCUT2D eigenvalue weighted by Gasteiger charge is 2.43. The molecule has 3 saturated heterocycles. The molecule has 2 aromatic carbocycles. The van der Waals surface area contributed by atoms with E-state index in [4.69, 9.17) is 14.2 Å². The lowest BCUT2D eigenvalue weighted by atomic mass is 9.99. The van der Waals surface area contributed by atoms with E-state index in [1.807, 2.05) is 23.6 Å². The van der Waals surface area contributed by atoms with Crippen LogP contribution in [0.25, 0.3) is 0 Å². The molecule has 5 rings (SSSR count). The molecule has 3 heterocycles. The maximum Gasteiger partial charge on any atom is 0.131 e. The highest BCUT2D eigenvalue weighted by molar-refractivity contribution is 9.10. The lowest BCUT2D eigenvalue weighted by Gasteiger charge is -2.47. The fourth-order valence-electron chi connectivity index (χ4n) is 4.87. The zero-order valence-corrected chi connectivity index (χ0v) is 23.9. The molecule has 1 spiro atoms. The molecule has 3 aliphatic rings. The SMILES string of the molecule is CC1CN(Cc2c(F)cc(Br)cc2F)CC(C)O1.Fc1cc(Br)cc(F)c1CN1CCOC2(COC2)C1. The Morgan fingerprint density at radius 3 is 1.70 bits per heavy atom. The van der Waals surface area contributed by atoms with Gasteiger partial charge in [0.1, 0.15) is 28.9 Å². The van der Waals surface area contributed by atoms with Gasteiger partial charge in [0.05, 0.1) is 32.0 Å². The van der Waals surface area contributed by atoms with Gasteiger partial charge in [-0.25, -0.2) is 17.6 Å². The van der Waals surface area contributed by atoms with E-state index in [1.165, 1.54) is 24.3 Å². The Hall–Kier alpha value is -1.08. The third-order valence-electron chi connectivity index (χ3n) is 6.53. The summed E-state index contributed by atoms with van der Waals surface area (Å²) < 4.78 is 72.4. The lowest BCUT2D eigenvalue weighted by molar-refractivity contribution is -0.238. The summed E-state index contributed by atoms with van der Waals surface area (Å²) in [4.78, 5) is 4.04. The third kappa shape index (κ3) is 7.52. The summed E-state index contributed by atoms with van der Waals surface area (Å²) >= 11 is 6.16. The van der Waals surface area contributed by atoms with Gasteiger partial charge < -0.3 is 14.2 Å². The molecule has 0 radical (unpaired) electrons. The van der Waals surface area contributed by atoms with E-state index in [-0.39, 0.29) is 42.0 Å². The Bertz CT molecular complexity index is 1050. The molecule has 37 heavy (non-hydrogen) atoms. The molecule has 0 saturated carbocycles. The average molecular weight is 654 g/mol. The van der Waals surface area contributed by atoms with E-state index in [9.17, 15) is 17.6 Å². The molecule has 3 fully saturated rings. The van der Waals surface area contributed by atoms with Gasteiger partial charge in [-0.05, 0) is 38.1 Å². The fourth-order valence-corrected chi connectivity index (χ4v) is 5.67. The Morgan fingerprint density at radius 2 is 1.27 bits per heavy atom. The van der Waals surface area contributed by atoms with E-state index >= 15 is 0 Å². The molecule has 2 atom stereocenters. The standard InChI is InChI=1S/C13H14BrF2NO2.C13H16BrF2NO/c14-9-3-11(15)10(12(16)4-9)5-17-1-2-19-13(6-17)7-18-8-13;1-8-5-17(6-9(2)18-8)7-11-12(15)3-10(14)4-13(11)16/h3-4H,1-2,5-8H2;3-4,8-9H,5-7H2,1-2H3. The van der Waals surface area contributed by atoms with Gasteiger partial charge in [0.2, 0.25) is 0 Å². The van der Waals surface area contributed by atoms with Crippen molar-refractivity contribution in [1.82, 2.24) is 9.80 Å². The van der Waals surface area contributed by atoms with Crippen LogP contribution in [0.4, 0.5) is 17.6 Å². The molecule has 2 unspecified atom stereocenters. The van der Waals surface area contributed by atoms with Crippen molar-refractivity contribution in [3.8, 4) is 0 Å². The first kappa shape index (κ1) is 28.9. The first-order chi connectivity index (χ1) is 17.5. The predicted octanol–water partition coefficient (Wildman–Crippen LogP) is 5.67. The molecule has 204 valence electrons. The van der Waals surface area contributed by atoms with Crippen LogP contribution in [-0.4, -0.2) is 73.6 Å². The summed E-state index contributed by atoms with van der Waals surface area (Å²) in [7, 11) is 0. The van der Waals surface area contributed by atoms with Crippen LogP contribution < -0.4 is 0 Å². The van der Waals surface area contributed by atoms with Crippen LogP contribution in [0, 0.1) is 23.3 Å². The van der Waals surface area contributed by atoms with Crippen molar-refractivity contribution < 1.29 is 31.8 Å². The van der Waals surface area contributed by atoms with Crippen LogP contribution in [0.15, 0.2) is 33.2 Å². The molecule has 11 heteroatoms. The van der Waals surface area contributed by atoms with Crippen LogP contribution in [0.1, 0.15) is 25.0 Å². The maximum absolute atomic E-state index is 13.8. The number of nitrogens with zero attached hydrogens (tertiary/aromatic N) is 2. The van der Waals surface area contributed by atoms with E-state index < -0.39 is 23.3 Å². The van der Waals surface area contributed by atoms with Crippen LogP contribution in [0.2, 0.25) is 0 Å². The van der Waals surface area contributed by atoms with E-state index in [0.29, 0.717) is 54.9 Å². The maximum atomic E-state index is 13.8. The highest BCUT2D eigenvalue weighted by Crippen LogP contribution is 2.28. The molecule has 0 N–H and O–H groups in total. The Morgan fingerprint density at radius 1 is 0.811 bits per heavy atom. The van der Waals surface area contributed by atoms with Gasteiger partial charge in [-0.2, -0.15) is 0 Å². The van der Waals surface area contributed by atoms with Crippen LogP contribution in [0.5, 0.6) is 0 Å². The monoisotopic (exact) mass is 652 g/mol. The Kier molecular flexibility index (Phi) is 9.69. The van der Waals surface area contributed by atoms with E-state index in [0.717, 1.165) is 0 Å². The first-order valence-corrected chi connectivity index (χ1v) is 13.7. The number of ether oxygens (including phenoxy) is 3. The summed E-state index contributed by atoms with van der Waals surface area (Å²) in [6.07, 6.45) is 0.186. The molecule has 5 nitrogen and oxygen atoms in total. The number of rotatable bonds is 4. The topological polar surface area (TPSA) is 34.2 Å². The first-order valence-electron chi connectivity index (χ1n) is 12.1. The van der Waals surface area contributed by atoms with Crippen LogP contribution >= 0.6 is 31.9 Å². The average Bonchev–Trinajstić information content (AvgIpc) is 2.78. The van der Waals surface area contributed by atoms with Crippen molar-refractivity contribution in [2.75, 3.05) is 46.0 Å². The second-order valence-corrected chi connectivity index (χ2v) is 11.7. The second-order valence-electron chi connectivity index (χ2n) is 9.88. The van der Waals surface area contributed by atoms with Gasteiger partial charge in [0, 0.05) is 59.3 Å². The number of benzene rings is 2. The second kappa shape index (κ2) is 12.4. The van der Waals surface area contributed by atoms with Crippen molar-refractivity contribution in [1.29, 1.82) is 0 Å². The zero-order valence-electron chi connectivity index (χ0n) is 20.7. The normalized spacial score (nSPS) is 23.9. The molecular weight excluding hydrogens is 624 g/mol. The van der Waals surface area contributed by atoms with E-state index in [2.05, 4.69) is 31.9 Å². The summed E-state index contributed by atoms with van der Waals surface area (Å²) in [5.41, 5.74) is -0.0272. The molecule has 0 aromatic heterocycles. The fraction of sp³-hybridized carbons (Fsp3) is 0.538. The molecule has 0 amide bonds. The van der Waals surface area contributed by atoms with Gasteiger partial charge in [-0.1, -0.05) is 31.9 Å². The molecule has 2 aromatic rings. The summed E-state index contributed by atoms with van der Waals surface area (Å²) in [6, 6.07) is 5.18. The van der Waals surface area contributed by atoms with Crippen molar-refractivity contribution in [2.24, 2.45) is 0 Å². The van der Waals surface area contributed by atoms with Gasteiger partial charge >= 0.3 is 0 Å². The third-order valence-corrected chi connectivity index (χ3v) is 7.44. The molecule has 0 aliphatic carbocycles. The van der Waals surface area contributed by atoms with Gasteiger partial charge in [0.15, 0.2) is 0 Å². The lowest BCUT2D eigenvalue weighted by Crippen LogP contribution is -2.62. The zero-order chi connectivity index (χ0) is 26.7. The largest absolute Gasteiger partial charge is 0.375 e. The van der Waals surface area contributed by atoms with Gasteiger partial charge in [0.25, 0.3) is 0 Å². The summed E-state index contributed by atoms with van der Waals surface area (Å²) in [5, 5.41) is 0. The Balaban J connectivity index is 0.000000173. The highest BCUT2D eigenvalue weighted by atomic mass is 79.9.